The highest BCUT2D eigenvalue weighted by atomic mass is 32.1. The Morgan fingerprint density at radius 2 is 2.29 bits per heavy atom. The molecule has 0 aliphatic carbocycles. The van der Waals surface area contributed by atoms with Crippen LogP contribution in [0.3, 0.4) is 0 Å². The zero-order valence-electron chi connectivity index (χ0n) is 12.5. The Hall–Kier alpha value is -1.95. The van der Waals surface area contributed by atoms with Crippen molar-refractivity contribution >= 4 is 18.4 Å². The lowest BCUT2D eigenvalue weighted by molar-refractivity contribution is 0.317. The maximum atomic E-state index is 5.61. The first kappa shape index (κ1) is 15.4. The summed E-state index contributed by atoms with van der Waals surface area (Å²) in [4.78, 5) is 0. The number of nitrogens with one attached hydrogen (secondary N) is 1. The molecule has 112 valence electrons. The van der Waals surface area contributed by atoms with Gasteiger partial charge in [-0.3, -0.25) is 5.10 Å². The summed E-state index contributed by atoms with van der Waals surface area (Å²) in [5.74, 6) is 1.91. The van der Waals surface area contributed by atoms with Gasteiger partial charge in [0.05, 0.1) is 12.8 Å². The molecule has 1 heterocycles. The molecule has 0 amide bonds. The summed E-state index contributed by atoms with van der Waals surface area (Å²) >= 11 is 5.20. The Kier molecular flexibility index (Phi) is 5.27. The van der Waals surface area contributed by atoms with Crippen LogP contribution in [0.2, 0.25) is 0 Å². The molecule has 2 rings (SSSR count). The number of hydrogen-bond donors (Lipinski definition) is 1. The molecule has 1 N–H and O–H groups in total. The van der Waals surface area contributed by atoms with Gasteiger partial charge in [0.2, 0.25) is 4.77 Å². The summed E-state index contributed by atoms with van der Waals surface area (Å²) in [6.07, 6.45) is 2.75. The van der Waals surface area contributed by atoms with Gasteiger partial charge in [-0.2, -0.15) is 14.9 Å². The van der Waals surface area contributed by atoms with E-state index in [1.807, 2.05) is 24.3 Å². The smallest absolute Gasteiger partial charge is 0.216 e. The highest BCUT2D eigenvalue weighted by Crippen LogP contribution is 2.14. The lowest BCUT2D eigenvalue weighted by atomic mass is 10.2. The van der Waals surface area contributed by atoms with Crippen LogP contribution in [-0.2, 0) is 0 Å². The van der Waals surface area contributed by atoms with Gasteiger partial charge in [-0.15, -0.1) is 0 Å². The SMILES string of the molecule is CCCOc1cccc(/C=N\n2c(C(C)C)n[nH]c2=S)c1. The second-order valence-corrected chi connectivity index (χ2v) is 5.41. The van der Waals surface area contributed by atoms with E-state index in [-0.39, 0.29) is 5.92 Å². The molecule has 0 radical (unpaired) electrons. The second-order valence-electron chi connectivity index (χ2n) is 5.02. The van der Waals surface area contributed by atoms with Crippen LogP contribution in [0.4, 0.5) is 0 Å². The van der Waals surface area contributed by atoms with Crippen molar-refractivity contribution in [2.24, 2.45) is 5.10 Å². The van der Waals surface area contributed by atoms with Gasteiger partial charge in [0.15, 0.2) is 5.82 Å². The molecule has 21 heavy (non-hydrogen) atoms. The van der Waals surface area contributed by atoms with Gasteiger partial charge in [0.1, 0.15) is 5.75 Å². The van der Waals surface area contributed by atoms with E-state index in [4.69, 9.17) is 17.0 Å². The minimum Gasteiger partial charge on any atom is -0.494 e. The van der Waals surface area contributed by atoms with E-state index >= 15 is 0 Å². The number of ether oxygens (including phenoxy) is 1. The van der Waals surface area contributed by atoms with Gasteiger partial charge in [-0.1, -0.05) is 32.9 Å². The van der Waals surface area contributed by atoms with Crippen LogP contribution < -0.4 is 4.74 Å². The lowest BCUT2D eigenvalue weighted by Gasteiger charge is -2.05. The quantitative estimate of drug-likeness (QED) is 0.653. The fraction of sp³-hybridized carbons (Fsp3) is 0.400. The Balaban J connectivity index is 2.22. The minimum atomic E-state index is 0.245. The van der Waals surface area contributed by atoms with Crippen molar-refractivity contribution in [1.29, 1.82) is 0 Å². The van der Waals surface area contributed by atoms with Crippen molar-refractivity contribution < 1.29 is 4.74 Å². The van der Waals surface area contributed by atoms with E-state index in [0.29, 0.717) is 11.4 Å². The van der Waals surface area contributed by atoms with Crippen LogP contribution in [0.25, 0.3) is 0 Å². The van der Waals surface area contributed by atoms with Crippen molar-refractivity contribution in [2.45, 2.75) is 33.1 Å². The first-order valence-electron chi connectivity index (χ1n) is 7.06. The van der Waals surface area contributed by atoms with Crippen LogP contribution >= 0.6 is 12.2 Å². The summed E-state index contributed by atoms with van der Waals surface area (Å²) in [6.45, 7) is 6.90. The van der Waals surface area contributed by atoms with E-state index in [2.05, 4.69) is 36.1 Å². The van der Waals surface area contributed by atoms with Gasteiger partial charge < -0.3 is 4.74 Å². The molecule has 5 nitrogen and oxygen atoms in total. The molecule has 1 aromatic heterocycles. The third kappa shape index (κ3) is 4.01. The normalized spacial score (nSPS) is 11.4. The lowest BCUT2D eigenvalue weighted by Crippen LogP contribution is -2.01. The van der Waals surface area contributed by atoms with E-state index in [1.165, 1.54) is 0 Å². The molecule has 0 saturated heterocycles. The average molecular weight is 304 g/mol. The van der Waals surface area contributed by atoms with Crippen molar-refractivity contribution in [1.82, 2.24) is 14.9 Å². The van der Waals surface area contributed by atoms with E-state index in [0.717, 1.165) is 23.6 Å². The van der Waals surface area contributed by atoms with Gasteiger partial charge >= 0.3 is 0 Å². The summed E-state index contributed by atoms with van der Waals surface area (Å²) in [5.41, 5.74) is 0.960. The number of aromatic amines is 1. The highest BCUT2D eigenvalue weighted by Gasteiger charge is 2.08. The maximum Gasteiger partial charge on any atom is 0.216 e. The van der Waals surface area contributed by atoms with Gasteiger partial charge in [-0.05, 0) is 36.3 Å². The van der Waals surface area contributed by atoms with Crippen LogP contribution in [0.1, 0.15) is 44.5 Å². The Morgan fingerprint density at radius 3 is 3.00 bits per heavy atom. The predicted octanol–water partition coefficient (Wildman–Crippen LogP) is 3.74. The standard InChI is InChI=1S/C15H20N4OS/c1-4-8-20-13-7-5-6-12(9-13)10-16-19-14(11(2)3)17-18-15(19)21/h5-7,9-11H,4,8H2,1-3H3,(H,18,21)/b16-10-. The molecule has 0 spiro atoms. The van der Waals surface area contributed by atoms with Crippen molar-refractivity contribution in [2.75, 3.05) is 6.61 Å². The Morgan fingerprint density at radius 1 is 1.48 bits per heavy atom. The molecule has 1 aromatic carbocycles. The molecule has 6 heteroatoms. The zero-order chi connectivity index (χ0) is 15.2. The number of rotatable bonds is 6. The molecule has 0 aliphatic heterocycles. The number of hydrogen-bond acceptors (Lipinski definition) is 4. The first-order chi connectivity index (χ1) is 10.1. The molecule has 0 aliphatic rings. The molecular formula is C15H20N4OS. The molecule has 2 aromatic rings. The fourth-order valence-corrected chi connectivity index (χ4v) is 2.00. The van der Waals surface area contributed by atoms with Gasteiger partial charge in [0.25, 0.3) is 0 Å². The van der Waals surface area contributed by atoms with Crippen molar-refractivity contribution in [3.63, 3.8) is 0 Å². The summed E-state index contributed by atoms with van der Waals surface area (Å²) in [7, 11) is 0. The van der Waals surface area contributed by atoms with E-state index in [9.17, 15) is 0 Å². The maximum absolute atomic E-state index is 5.61. The third-order valence-electron chi connectivity index (χ3n) is 2.85. The predicted molar refractivity (Wildman–Crippen MR) is 86.7 cm³/mol. The van der Waals surface area contributed by atoms with Crippen LogP contribution in [0, 0.1) is 4.77 Å². The van der Waals surface area contributed by atoms with Crippen LogP contribution in [0.15, 0.2) is 29.4 Å². The molecule has 0 bridgehead atoms. The number of H-pyrrole nitrogens is 1. The number of benzene rings is 1. The fourth-order valence-electron chi connectivity index (χ4n) is 1.82. The first-order valence-corrected chi connectivity index (χ1v) is 7.47. The van der Waals surface area contributed by atoms with Crippen molar-refractivity contribution in [3.05, 3.63) is 40.4 Å². The monoisotopic (exact) mass is 304 g/mol. The third-order valence-corrected chi connectivity index (χ3v) is 3.11. The highest BCUT2D eigenvalue weighted by molar-refractivity contribution is 7.71. The summed E-state index contributed by atoms with van der Waals surface area (Å²) in [5, 5.41) is 11.4. The Labute approximate surface area is 129 Å². The van der Waals surface area contributed by atoms with Crippen LogP contribution in [0.5, 0.6) is 5.75 Å². The topological polar surface area (TPSA) is 55.2 Å². The minimum absolute atomic E-state index is 0.245. The van der Waals surface area contributed by atoms with Gasteiger partial charge in [-0.25, -0.2) is 0 Å². The summed E-state index contributed by atoms with van der Waals surface area (Å²) in [6, 6.07) is 7.82. The average Bonchev–Trinajstić information content (AvgIpc) is 2.84. The van der Waals surface area contributed by atoms with Gasteiger partial charge in [0, 0.05) is 5.92 Å². The van der Waals surface area contributed by atoms with Crippen molar-refractivity contribution in [3.8, 4) is 5.75 Å². The number of nitrogens with zero attached hydrogens (tertiary/aromatic N) is 3. The molecule has 0 atom stereocenters. The largest absolute Gasteiger partial charge is 0.494 e. The zero-order valence-corrected chi connectivity index (χ0v) is 13.4. The molecule has 0 saturated carbocycles. The molecule has 0 unspecified atom stereocenters. The Bertz CT molecular complexity index is 672. The molecular weight excluding hydrogens is 284 g/mol. The summed E-state index contributed by atoms with van der Waals surface area (Å²) < 4.78 is 7.76. The molecule has 0 fully saturated rings. The number of aromatic nitrogens is 3. The van der Waals surface area contributed by atoms with Crippen LogP contribution in [-0.4, -0.2) is 27.7 Å². The van der Waals surface area contributed by atoms with E-state index in [1.54, 1.807) is 10.9 Å². The van der Waals surface area contributed by atoms with E-state index < -0.39 is 0 Å². The second kappa shape index (κ2) is 7.17.